The van der Waals surface area contributed by atoms with Crippen molar-refractivity contribution in [1.82, 2.24) is 20.4 Å². The number of aromatic nitrogens is 4. The quantitative estimate of drug-likeness (QED) is 0.633. The maximum absolute atomic E-state index is 9.88. The average molecular weight is 290 g/mol. The summed E-state index contributed by atoms with van der Waals surface area (Å²) in [6.45, 7) is 1.97. The van der Waals surface area contributed by atoms with E-state index in [1.54, 1.807) is 6.07 Å². The first-order valence-corrected chi connectivity index (χ1v) is 6.77. The molecule has 0 amide bonds. The first-order valence-electron chi connectivity index (χ1n) is 5.55. The van der Waals surface area contributed by atoms with Crippen LogP contribution in [0.5, 0.6) is 5.75 Å². The van der Waals surface area contributed by atoms with Gasteiger partial charge < -0.3 is 5.11 Å². The van der Waals surface area contributed by atoms with Crippen LogP contribution in [0.4, 0.5) is 0 Å². The van der Waals surface area contributed by atoms with Crippen LogP contribution in [0.15, 0.2) is 24.3 Å². The molecule has 0 fully saturated rings. The van der Waals surface area contributed by atoms with Crippen molar-refractivity contribution in [2.24, 2.45) is 0 Å². The van der Waals surface area contributed by atoms with Crippen molar-refractivity contribution in [3.05, 3.63) is 33.8 Å². The van der Waals surface area contributed by atoms with Crippen LogP contribution < -0.4 is 0 Å². The van der Waals surface area contributed by atoms with Gasteiger partial charge in [0.15, 0.2) is 8.96 Å². The van der Waals surface area contributed by atoms with E-state index in [1.807, 2.05) is 25.1 Å². The molecule has 0 radical (unpaired) electrons. The number of aryl methyl sites for hydroxylation is 1. The Hall–Kier alpha value is -1.99. The number of hydrogen-bond donors (Lipinski definition) is 3. The second-order valence-electron chi connectivity index (χ2n) is 4.11. The fraction of sp³-hybridized carbons (Fsp3) is 0.0833. The summed E-state index contributed by atoms with van der Waals surface area (Å²) in [6, 6.07) is 7.25. The van der Waals surface area contributed by atoms with E-state index in [4.69, 9.17) is 12.2 Å². The number of phenolic OH excluding ortho intramolecular Hbond substituents is 1. The molecule has 0 aliphatic rings. The molecule has 3 aromatic rings. The van der Waals surface area contributed by atoms with E-state index >= 15 is 0 Å². The predicted molar refractivity (Wildman–Crippen MR) is 76.7 cm³/mol. The maximum Gasteiger partial charge on any atom is 0.176 e. The first-order chi connectivity index (χ1) is 9.13. The lowest BCUT2D eigenvalue weighted by Gasteiger charge is -2.01. The van der Waals surface area contributed by atoms with Gasteiger partial charge in [0.2, 0.25) is 0 Å². The largest absolute Gasteiger partial charge is 0.507 e. The molecule has 0 bridgehead atoms. The van der Waals surface area contributed by atoms with Gasteiger partial charge in [0.1, 0.15) is 5.75 Å². The van der Waals surface area contributed by atoms with Crippen molar-refractivity contribution < 1.29 is 5.11 Å². The van der Waals surface area contributed by atoms with E-state index in [0.29, 0.717) is 15.2 Å². The van der Waals surface area contributed by atoms with Crippen LogP contribution in [-0.2, 0) is 0 Å². The fourth-order valence-electron chi connectivity index (χ4n) is 1.77. The normalized spacial score (nSPS) is 10.8. The second-order valence-corrected chi connectivity index (χ2v) is 5.77. The van der Waals surface area contributed by atoms with Crippen molar-refractivity contribution in [3.8, 4) is 27.7 Å². The number of aromatic hydroxyl groups is 1. The lowest BCUT2D eigenvalue weighted by atomic mass is 10.1. The highest BCUT2D eigenvalue weighted by molar-refractivity contribution is 7.73. The van der Waals surface area contributed by atoms with Crippen LogP contribution in [0.25, 0.3) is 22.0 Å². The zero-order chi connectivity index (χ0) is 13.4. The molecule has 3 rings (SSSR count). The van der Waals surface area contributed by atoms with Gasteiger partial charge in [-0.1, -0.05) is 23.0 Å². The number of nitrogens with one attached hydrogen (secondary N) is 2. The SMILES string of the molecule is Cc1ccc(O)c(-c2cc(-c3n[nH]c(=S)s3)[nH]n2)c1. The third kappa shape index (κ3) is 2.29. The monoisotopic (exact) mass is 290 g/mol. The van der Waals surface area contributed by atoms with Crippen LogP contribution >= 0.6 is 23.6 Å². The summed E-state index contributed by atoms with van der Waals surface area (Å²) < 4.78 is 0.615. The molecule has 0 atom stereocenters. The Bertz CT molecular complexity index is 787. The van der Waals surface area contributed by atoms with Gasteiger partial charge in [0.25, 0.3) is 0 Å². The van der Waals surface area contributed by atoms with Gasteiger partial charge in [0, 0.05) is 5.56 Å². The molecule has 3 N–H and O–H groups in total. The summed E-state index contributed by atoms with van der Waals surface area (Å²) in [6.07, 6.45) is 0. The zero-order valence-electron chi connectivity index (χ0n) is 9.97. The number of aromatic amines is 2. The highest BCUT2D eigenvalue weighted by Gasteiger charge is 2.11. The van der Waals surface area contributed by atoms with Crippen molar-refractivity contribution in [2.45, 2.75) is 6.92 Å². The summed E-state index contributed by atoms with van der Waals surface area (Å²) in [4.78, 5) is 0. The molecule has 0 aliphatic heterocycles. The van der Waals surface area contributed by atoms with Gasteiger partial charge >= 0.3 is 0 Å². The van der Waals surface area contributed by atoms with Crippen LogP contribution in [0.1, 0.15) is 5.56 Å². The molecule has 1 aromatic carbocycles. The molecule has 2 aromatic heterocycles. The van der Waals surface area contributed by atoms with Crippen LogP contribution in [-0.4, -0.2) is 25.5 Å². The topological polar surface area (TPSA) is 77.6 Å². The Morgan fingerprint density at radius 2 is 2.05 bits per heavy atom. The van der Waals surface area contributed by atoms with Crippen LogP contribution in [0, 0.1) is 10.9 Å². The average Bonchev–Trinajstić information content (AvgIpc) is 3.00. The lowest BCUT2D eigenvalue weighted by molar-refractivity contribution is 0.477. The molecule has 0 unspecified atom stereocenters. The van der Waals surface area contributed by atoms with E-state index < -0.39 is 0 Å². The first kappa shape index (κ1) is 12.1. The molecule has 5 nitrogen and oxygen atoms in total. The third-order valence-electron chi connectivity index (χ3n) is 2.67. The van der Waals surface area contributed by atoms with E-state index in [2.05, 4.69) is 20.4 Å². The number of hydrogen-bond acceptors (Lipinski definition) is 5. The van der Waals surface area contributed by atoms with Crippen molar-refractivity contribution >= 4 is 23.6 Å². The fourth-order valence-corrected chi connectivity index (χ4v) is 2.62. The number of rotatable bonds is 2. The number of phenols is 1. The molecule has 0 aliphatic carbocycles. The molecule has 96 valence electrons. The summed E-state index contributed by atoms with van der Waals surface area (Å²) in [7, 11) is 0. The van der Waals surface area contributed by atoms with E-state index in [9.17, 15) is 5.11 Å². The molecular formula is C12H10N4OS2. The highest BCUT2D eigenvalue weighted by atomic mass is 32.1. The molecule has 2 heterocycles. The summed E-state index contributed by atoms with van der Waals surface area (Å²) >= 11 is 6.37. The minimum Gasteiger partial charge on any atom is -0.507 e. The lowest BCUT2D eigenvalue weighted by Crippen LogP contribution is -1.81. The maximum atomic E-state index is 9.88. The minimum absolute atomic E-state index is 0.207. The highest BCUT2D eigenvalue weighted by Crippen LogP contribution is 2.31. The van der Waals surface area contributed by atoms with Gasteiger partial charge in [-0.15, -0.1) is 0 Å². The van der Waals surface area contributed by atoms with Crippen molar-refractivity contribution in [3.63, 3.8) is 0 Å². The summed E-state index contributed by atoms with van der Waals surface area (Å²) in [5.74, 6) is 0.207. The predicted octanol–water partition coefficient (Wildman–Crippen LogP) is 3.27. The van der Waals surface area contributed by atoms with Crippen LogP contribution in [0.3, 0.4) is 0 Å². The van der Waals surface area contributed by atoms with Gasteiger partial charge in [-0.3, -0.25) is 10.2 Å². The third-order valence-corrected chi connectivity index (χ3v) is 3.80. The Kier molecular flexibility index (Phi) is 2.92. The molecule has 7 heteroatoms. The van der Waals surface area contributed by atoms with Gasteiger partial charge in [-0.2, -0.15) is 10.2 Å². The van der Waals surface area contributed by atoms with Gasteiger partial charge in [-0.05, 0) is 37.3 Å². The Labute approximate surface area is 118 Å². The van der Waals surface area contributed by atoms with Crippen molar-refractivity contribution in [2.75, 3.05) is 0 Å². The van der Waals surface area contributed by atoms with Crippen LogP contribution in [0.2, 0.25) is 0 Å². The number of benzene rings is 1. The summed E-state index contributed by atoms with van der Waals surface area (Å²) in [5, 5.41) is 24.5. The van der Waals surface area contributed by atoms with E-state index in [0.717, 1.165) is 16.3 Å². The molecule has 0 spiro atoms. The minimum atomic E-state index is 0.207. The Morgan fingerprint density at radius 1 is 1.21 bits per heavy atom. The zero-order valence-corrected chi connectivity index (χ0v) is 11.6. The smallest absolute Gasteiger partial charge is 0.176 e. The Morgan fingerprint density at radius 3 is 2.79 bits per heavy atom. The van der Waals surface area contributed by atoms with E-state index in [1.165, 1.54) is 11.3 Å². The molecular weight excluding hydrogens is 280 g/mol. The Balaban J connectivity index is 2.06. The molecule has 19 heavy (non-hydrogen) atoms. The van der Waals surface area contributed by atoms with Crippen molar-refractivity contribution in [1.29, 1.82) is 0 Å². The van der Waals surface area contributed by atoms with E-state index in [-0.39, 0.29) is 5.75 Å². The summed E-state index contributed by atoms with van der Waals surface area (Å²) in [5.41, 5.74) is 3.21. The van der Waals surface area contributed by atoms with Gasteiger partial charge in [0.05, 0.1) is 11.4 Å². The molecule has 0 saturated carbocycles. The molecule has 0 saturated heterocycles. The number of H-pyrrole nitrogens is 2. The van der Waals surface area contributed by atoms with Gasteiger partial charge in [-0.25, -0.2) is 0 Å². The second kappa shape index (κ2) is 4.60. The standard InChI is InChI=1S/C12H10N4OS2/c1-6-2-3-10(17)7(4-6)8-5-9(14-13-8)11-15-16-12(18)19-11/h2-5,17H,1H3,(H,13,14)(H,16,18). The number of nitrogens with zero attached hydrogens (tertiary/aromatic N) is 2.